The molecule has 0 aliphatic carbocycles. The van der Waals surface area contributed by atoms with E-state index in [1.165, 1.54) is 16.8 Å². The van der Waals surface area contributed by atoms with Crippen LogP contribution in [0.25, 0.3) is 0 Å². The van der Waals surface area contributed by atoms with Crippen molar-refractivity contribution in [2.75, 3.05) is 19.8 Å². The van der Waals surface area contributed by atoms with Gasteiger partial charge in [-0.3, -0.25) is 9.58 Å². The van der Waals surface area contributed by atoms with E-state index in [-0.39, 0.29) is 0 Å². The van der Waals surface area contributed by atoms with E-state index in [2.05, 4.69) is 10.00 Å². The van der Waals surface area contributed by atoms with Gasteiger partial charge in [-0.05, 0) is 13.0 Å². The number of nitrogens with zero attached hydrogens (tertiary/aromatic N) is 3. The highest BCUT2D eigenvalue weighted by molar-refractivity contribution is 5.25. The number of aromatic nitrogens is 2. The molecule has 0 amide bonds. The Morgan fingerprint density at radius 1 is 1.50 bits per heavy atom. The summed E-state index contributed by atoms with van der Waals surface area (Å²) in [6.07, 6.45) is 5.53. The van der Waals surface area contributed by atoms with Crippen molar-refractivity contribution < 1.29 is 9.15 Å². The minimum absolute atomic E-state index is 0.387. The lowest BCUT2D eigenvalue weighted by atomic mass is 9.96. The summed E-state index contributed by atoms with van der Waals surface area (Å²) in [5, 5.41) is 4.40. The molecule has 3 heterocycles. The molecule has 0 bridgehead atoms. The second-order valence-electron chi connectivity index (χ2n) is 5.34. The first-order valence-corrected chi connectivity index (χ1v) is 7.10. The number of aryl methyl sites for hydroxylation is 1. The molecule has 0 aromatic carbocycles. The van der Waals surface area contributed by atoms with Crippen molar-refractivity contribution in [2.24, 2.45) is 7.05 Å². The van der Waals surface area contributed by atoms with Crippen LogP contribution in [-0.2, 0) is 24.9 Å². The fourth-order valence-electron chi connectivity index (χ4n) is 3.00. The molecular weight excluding hydrogens is 254 g/mol. The number of hydrogen-bond donors (Lipinski definition) is 0. The van der Waals surface area contributed by atoms with E-state index in [4.69, 9.17) is 9.15 Å². The third kappa shape index (κ3) is 2.64. The summed E-state index contributed by atoms with van der Waals surface area (Å²) < 4.78 is 12.8. The Hall–Kier alpha value is -1.59. The zero-order valence-corrected chi connectivity index (χ0v) is 12.1. The third-order valence-electron chi connectivity index (χ3n) is 3.83. The summed E-state index contributed by atoms with van der Waals surface area (Å²) in [4.78, 5) is 2.43. The minimum Gasteiger partial charge on any atom is -0.472 e. The lowest BCUT2D eigenvalue weighted by molar-refractivity contribution is 0.102. The number of rotatable bonds is 5. The van der Waals surface area contributed by atoms with E-state index in [0.717, 1.165) is 32.8 Å². The van der Waals surface area contributed by atoms with Crippen LogP contribution in [-0.4, -0.2) is 34.4 Å². The minimum atomic E-state index is 0.387. The number of hydrogen-bond acceptors (Lipinski definition) is 4. The van der Waals surface area contributed by atoms with Crippen LogP contribution in [0.3, 0.4) is 0 Å². The topological polar surface area (TPSA) is 43.4 Å². The molecule has 0 saturated carbocycles. The van der Waals surface area contributed by atoms with Crippen molar-refractivity contribution in [3.05, 3.63) is 41.6 Å². The molecule has 2 aromatic rings. The summed E-state index contributed by atoms with van der Waals surface area (Å²) in [5.74, 6) is 0.387. The molecule has 108 valence electrons. The zero-order chi connectivity index (χ0) is 13.9. The second-order valence-corrected chi connectivity index (χ2v) is 5.34. The lowest BCUT2D eigenvalue weighted by Gasteiger charge is -2.32. The maximum atomic E-state index is 5.65. The SMILES string of the molecule is CCOCC1CN(Cc2ccoc2)Cc2cnn(C)c21. The molecule has 5 nitrogen and oxygen atoms in total. The van der Waals surface area contributed by atoms with Crippen LogP contribution in [0, 0.1) is 0 Å². The van der Waals surface area contributed by atoms with Crippen LogP contribution in [0.2, 0.25) is 0 Å². The van der Waals surface area contributed by atoms with Crippen LogP contribution in [0.4, 0.5) is 0 Å². The molecule has 0 radical (unpaired) electrons. The molecule has 0 saturated heterocycles. The molecule has 5 heteroatoms. The molecule has 1 atom stereocenters. The van der Waals surface area contributed by atoms with Gasteiger partial charge in [0.1, 0.15) is 0 Å². The lowest BCUT2D eigenvalue weighted by Crippen LogP contribution is -2.35. The average molecular weight is 275 g/mol. The first-order valence-electron chi connectivity index (χ1n) is 7.10. The van der Waals surface area contributed by atoms with Gasteiger partial charge >= 0.3 is 0 Å². The van der Waals surface area contributed by atoms with Gasteiger partial charge in [-0.25, -0.2) is 0 Å². The molecule has 0 spiro atoms. The van der Waals surface area contributed by atoms with Gasteiger partial charge in [0, 0.05) is 56.0 Å². The van der Waals surface area contributed by atoms with Gasteiger partial charge in [0.15, 0.2) is 0 Å². The van der Waals surface area contributed by atoms with Crippen LogP contribution < -0.4 is 0 Å². The van der Waals surface area contributed by atoms with Crippen molar-refractivity contribution in [3.8, 4) is 0 Å². The Balaban J connectivity index is 1.77. The number of ether oxygens (including phenoxy) is 1. The van der Waals surface area contributed by atoms with Gasteiger partial charge in [-0.2, -0.15) is 5.10 Å². The summed E-state index contributed by atoms with van der Waals surface area (Å²) >= 11 is 0. The second kappa shape index (κ2) is 5.81. The summed E-state index contributed by atoms with van der Waals surface area (Å²) in [7, 11) is 2.02. The van der Waals surface area contributed by atoms with Gasteiger partial charge in [0.25, 0.3) is 0 Å². The van der Waals surface area contributed by atoms with Gasteiger partial charge in [-0.15, -0.1) is 0 Å². The Morgan fingerprint density at radius 3 is 3.15 bits per heavy atom. The molecule has 3 rings (SSSR count). The van der Waals surface area contributed by atoms with Crippen molar-refractivity contribution >= 4 is 0 Å². The maximum absolute atomic E-state index is 5.65. The Bertz CT molecular complexity index is 547. The average Bonchev–Trinajstić information content (AvgIpc) is 3.07. The number of furan rings is 1. The van der Waals surface area contributed by atoms with Crippen LogP contribution in [0.5, 0.6) is 0 Å². The van der Waals surface area contributed by atoms with Crippen LogP contribution in [0.15, 0.2) is 29.2 Å². The van der Waals surface area contributed by atoms with Gasteiger partial charge in [0.2, 0.25) is 0 Å². The van der Waals surface area contributed by atoms with E-state index in [0.29, 0.717) is 5.92 Å². The standard InChI is InChI=1S/C15H21N3O2/c1-3-19-11-14-9-18(7-12-4-5-20-10-12)8-13-6-16-17(2)15(13)14/h4-6,10,14H,3,7-9,11H2,1-2H3. The molecule has 1 aliphatic rings. The quantitative estimate of drug-likeness (QED) is 0.838. The Kier molecular flexibility index (Phi) is 3.89. The van der Waals surface area contributed by atoms with E-state index in [1.54, 1.807) is 6.26 Å². The van der Waals surface area contributed by atoms with Crippen molar-refractivity contribution in [2.45, 2.75) is 25.9 Å². The van der Waals surface area contributed by atoms with E-state index >= 15 is 0 Å². The summed E-state index contributed by atoms with van der Waals surface area (Å²) in [6.45, 7) is 6.40. The Labute approximate surface area is 119 Å². The van der Waals surface area contributed by atoms with E-state index in [1.807, 2.05) is 37.2 Å². The fraction of sp³-hybridized carbons (Fsp3) is 0.533. The Morgan fingerprint density at radius 2 is 2.40 bits per heavy atom. The molecule has 0 fully saturated rings. The number of fused-ring (bicyclic) bond motifs is 1. The summed E-state index contributed by atoms with van der Waals surface area (Å²) in [5.41, 5.74) is 3.85. The van der Waals surface area contributed by atoms with Crippen LogP contribution in [0.1, 0.15) is 29.7 Å². The highest BCUT2D eigenvalue weighted by atomic mass is 16.5. The molecular formula is C15H21N3O2. The van der Waals surface area contributed by atoms with E-state index in [9.17, 15) is 0 Å². The van der Waals surface area contributed by atoms with Crippen molar-refractivity contribution in [1.82, 2.24) is 14.7 Å². The normalized spacial score (nSPS) is 19.2. The third-order valence-corrected chi connectivity index (χ3v) is 3.83. The predicted molar refractivity (Wildman–Crippen MR) is 75.3 cm³/mol. The molecule has 0 N–H and O–H groups in total. The van der Waals surface area contributed by atoms with E-state index < -0.39 is 0 Å². The first-order chi connectivity index (χ1) is 9.78. The fourth-order valence-corrected chi connectivity index (χ4v) is 3.00. The smallest absolute Gasteiger partial charge is 0.0947 e. The largest absolute Gasteiger partial charge is 0.472 e. The highest BCUT2D eigenvalue weighted by Crippen LogP contribution is 2.29. The van der Waals surface area contributed by atoms with Crippen molar-refractivity contribution in [1.29, 1.82) is 0 Å². The maximum Gasteiger partial charge on any atom is 0.0947 e. The zero-order valence-electron chi connectivity index (χ0n) is 12.1. The molecule has 1 aliphatic heterocycles. The van der Waals surface area contributed by atoms with Gasteiger partial charge in [0.05, 0.1) is 25.3 Å². The van der Waals surface area contributed by atoms with Gasteiger partial charge in [-0.1, -0.05) is 0 Å². The summed E-state index contributed by atoms with van der Waals surface area (Å²) in [6, 6.07) is 2.02. The predicted octanol–water partition coefficient (Wildman–Crippen LogP) is 2.15. The first kappa shape index (κ1) is 13.4. The molecule has 2 aromatic heterocycles. The molecule has 20 heavy (non-hydrogen) atoms. The van der Waals surface area contributed by atoms with Gasteiger partial charge < -0.3 is 9.15 Å². The highest BCUT2D eigenvalue weighted by Gasteiger charge is 2.28. The molecule has 1 unspecified atom stereocenters. The monoisotopic (exact) mass is 275 g/mol. The van der Waals surface area contributed by atoms with Crippen molar-refractivity contribution in [3.63, 3.8) is 0 Å². The van der Waals surface area contributed by atoms with Crippen LogP contribution >= 0.6 is 0 Å².